The van der Waals surface area contributed by atoms with E-state index in [-0.39, 0.29) is 5.56 Å². The topological polar surface area (TPSA) is 99.1 Å². The van der Waals surface area contributed by atoms with Crippen LogP contribution in [0.5, 0.6) is 11.5 Å². The number of aromatic nitrogens is 4. The first-order chi connectivity index (χ1) is 14.8. The Kier molecular flexibility index (Phi) is 6.90. The molecule has 0 aliphatic rings. The van der Waals surface area contributed by atoms with Crippen LogP contribution in [0.25, 0.3) is 11.4 Å². The molecule has 3 aromatic rings. The van der Waals surface area contributed by atoms with Crippen molar-refractivity contribution in [2.75, 3.05) is 0 Å². The standard InChI is InChI=1S/C19H15F4N5O3/c1-10(15-16(27-5-4-26-15)14-9-24-2-3-25-14)28-17(29)11-6-12(30-18(20)21)8-13(7-11)31-19(22)23/h2-10,18-19H,1H3,(H,28,29). The predicted molar refractivity (Wildman–Crippen MR) is 98.6 cm³/mol. The molecule has 0 aliphatic carbocycles. The third kappa shape index (κ3) is 5.84. The molecule has 1 unspecified atom stereocenters. The molecule has 8 nitrogen and oxygen atoms in total. The molecular weight excluding hydrogens is 422 g/mol. The molecule has 0 radical (unpaired) electrons. The van der Waals surface area contributed by atoms with Crippen LogP contribution in [0.4, 0.5) is 17.6 Å². The van der Waals surface area contributed by atoms with Gasteiger partial charge >= 0.3 is 13.2 Å². The summed E-state index contributed by atoms with van der Waals surface area (Å²) in [5, 5.41) is 2.61. The lowest BCUT2D eigenvalue weighted by molar-refractivity contribution is -0.0543. The van der Waals surface area contributed by atoms with Crippen molar-refractivity contribution in [3.63, 3.8) is 0 Å². The summed E-state index contributed by atoms with van der Waals surface area (Å²) in [6.07, 6.45) is 7.29. The molecule has 0 bridgehead atoms. The van der Waals surface area contributed by atoms with Crippen LogP contribution in [0.3, 0.4) is 0 Å². The number of benzene rings is 1. The monoisotopic (exact) mass is 437 g/mol. The van der Waals surface area contributed by atoms with Gasteiger partial charge in [0, 0.05) is 36.4 Å². The summed E-state index contributed by atoms with van der Waals surface area (Å²) in [7, 11) is 0. The van der Waals surface area contributed by atoms with Gasteiger partial charge in [0.2, 0.25) is 0 Å². The molecule has 1 amide bonds. The fraction of sp³-hybridized carbons (Fsp3) is 0.211. The summed E-state index contributed by atoms with van der Waals surface area (Å²) in [5.41, 5.74) is 0.928. The van der Waals surface area contributed by atoms with E-state index in [0.29, 0.717) is 17.1 Å². The lowest BCUT2D eigenvalue weighted by Gasteiger charge is -2.17. The number of hydrogen-bond donors (Lipinski definition) is 1. The molecule has 2 aromatic heterocycles. The predicted octanol–water partition coefficient (Wildman–Crippen LogP) is 3.63. The van der Waals surface area contributed by atoms with Gasteiger partial charge < -0.3 is 14.8 Å². The molecule has 0 aliphatic heterocycles. The average Bonchev–Trinajstić information content (AvgIpc) is 2.73. The minimum atomic E-state index is -3.22. The number of halogens is 4. The van der Waals surface area contributed by atoms with Crippen molar-refractivity contribution in [1.82, 2.24) is 25.3 Å². The first-order valence-corrected chi connectivity index (χ1v) is 8.76. The SMILES string of the molecule is CC(NC(=O)c1cc(OC(F)F)cc(OC(F)F)c1)c1nccnc1-c1cnccn1. The molecular formula is C19H15F4N5O3. The molecule has 1 aromatic carbocycles. The Morgan fingerprint density at radius 1 is 0.903 bits per heavy atom. The maximum absolute atomic E-state index is 12.7. The molecule has 1 N–H and O–H groups in total. The quantitative estimate of drug-likeness (QED) is 0.538. The van der Waals surface area contributed by atoms with Gasteiger partial charge in [-0.05, 0) is 19.1 Å². The highest BCUT2D eigenvalue weighted by Crippen LogP contribution is 2.27. The Bertz CT molecular complexity index is 1010. The summed E-state index contributed by atoms with van der Waals surface area (Å²) in [6.45, 7) is -4.82. The smallest absolute Gasteiger partial charge is 0.387 e. The van der Waals surface area contributed by atoms with E-state index in [4.69, 9.17) is 0 Å². The number of rotatable bonds is 8. The maximum Gasteiger partial charge on any atom is 0.387 e. The van der Waals surface area contributed by atoms with Gasteiger partial charge in [-0.2, -0.15) is 17.6 Å². The fourth-order valence-electron chi connectivity index (χ4n) is 2.68. The second kappa shape index (κ2) is 9.78. The zero-order valence-corrected chi connectivity index (χ0v) is 15.9. The van der Waals surface area contributed by atoms with E-state index in [1.165, 1.54) is 31.0 Å². The van der Waals surface area contributed by atoms with Crippen molar-refractivity contribution >= 4 is 5.91 Å². The van der Waals surface area contributed by atoms with Gasteiger partial charge in [0.15, 0.2) is 0 Å². The lowest BCUT2D eigenvalue weighted by atomic mass is 10.1. The van der Waals surface area contributed by atoms with E-state index in [2.05, 4.69) is 34.7 Å². The number of carbonyl (C=O) groups excluding carboxylic acids is 1. The van der Waals surface area contributed by atoms with Crippen molar-refractivity contribution < 1.29 is 31.8 Å². The fourth-order valence-corrected chi connectivity index (χ4v) is 2.68. The summed E-state index contributed by atoms with van der Waals surface area (Å²) in [4.78, 5) is 29.2. The minimum Gasteiger partial charge on any atom is -0.435 e. The largest absolute Gasteiger partial charge is 0.435 e. The lowest BCUT2D eigenvalue weighted by Crippen LogP contribution is -2.28. The first kappa shape index (κ1) is 21.9. The van der Waals surface area contributed by atoms with Crippen LogP contribution in [0, 0.1) is 0 Å². The van der Waals surface area contributed by atoms with Crippen molar-refractivity contribution in [2.24, 2.45) is 0 Å². The van der Waals surface area contributed by atoms with E-state index in [0.717, 1.165) is 18.2 Å². The van der Waals surface area contributed by atoms with E-state index < -0.39 is 36.7 Å². The van der Waals surface area contributed by atoms with Gasteiger partial charge in [-0.3, -0.25) is 24.7 Å². The molecule has 2 heterocycles. The van der Waals surface area contributed by atoms with Crippen molar-refractivity contribution in [3.8, 4) is 22.9 Å². The minimum absolute atomic E-state index is 0.231. The Labute approximate surface area is 173 Å². The van der Waals surface area contributed by atoms with Gasteiger partial charge in [-0.25, -0.2) is 0 Å². The van der Waals surface area contributed by atoms with E-state index in [1.807, 2.05) is 0 Å². The van der Waals surface area contributed by atoms with Gasteiger partial charge in [0.1, 0.15) is 22.9 Å². The normalized spacial score (nSPS) is 12.0. The van der Waals surface area contributed by atoms with Gasteiger partial charge in [0.05, 0.1) is 17.9 Å². The summed E-state index contributed by atoms with van der Waals surface area (Å²) in [5.74, 6) is -1.78. The van der Waals surface area contributed by atoms with E-state index in [9.17, 15) is 22.4 Å². The Morgan fingerprint density at radius 3 is 2.10 bits per heavy atom. The van der Waals surface area contributed by atoms with Gasteiger partial charge in [-0.1, -0.05) is 0 Å². The highest BCUT2D eigenvalue weighted by atomic mass is 19.3. The molecule has 12 heteroatoms. The summed E-state index contributed by atoms with van der Waals surface area (Å²) < 4.78 is 58.6. The highest BCUT2D eigenvalue weighted by molar-refractivity contribution is 5.95. The number of alkyl halides is 4. The number of amides is 1. The Balaban J connectivity index is 1.86. The van der Waals surface area contributed by atoms with Gasteiger partial charge in [0.25, 0.3) is 5.91 Å². The van der Waals surface area contributed by atoms with Crippen LogP contribution in [0.1, 0.15) is 29.0 Å². The highest BCUT2D eigenvalue weighted by Gasteiger charge is 2.20. The number of carbonyl (C=O) groups is 1. The molecule has 0 saturated heterocycles. The molecule has 0 spiro atoms. The van der Waals surface area contributed by atoms with Crippen LogP contribution in [-0.2, 0) is 0 Å². The van der Waals surface area contributed by atoms with Crippen LogP contribution in [0.2, 0.25) is 0 Å². The van der Waals surface area contributed by atoms with Crippen LogP contribution in [-0.4, -0.2) is 39.1 Å². The Hall–Kier alpha value is -3.83. The number of hydrogen-bond acceptors (Lipinski definition) is 7. The van der Waals surface area contributed by atoms with Crippen molar-refractivity contribution in [1.29, 1.82) is 0 Å². The number of nitrogens with zero attached hydrogens (tertiary/aromatic N) is 4. The molecule has 0 fully saturated rings. The van der Waals surface area contributed by atoms with E-state index >= 15 is 0 Å². The summed E-state index contributed by atoms with van der Waals surface area (Å²) in [6, 6.07) is 2.07. The van der Waals surface area contributed by atoms with Gasteiger partial charge in [-0.15, -0.1) is 0 Å². The number of nitrogens with one attached hydrogen (secondary N) is 1. The third-order valence-corrected chi connectivity index (χ3v) is 3.88. The van der Waals surface area contributed by atoms with Crippen molar-refractivity contribution in [2.45, 2.75) is 26.2 Å². The maximum atomic E-state index is 12.7. The molecule has 162 valence electrons. The first-order valence-electron chi connectivity index (χ1n) is 8.76. The average molecular weight is 437 g/mol. The molecule has 3 rings (SSSR count). The van der Waals surface area contributed by atoms with Crippen LogP contribution >= 0.6 is 0 Å². The van der Waals surface area contributed by atoms with Crippen LogP contribution < -0.4 is 14.8 Å². The second-order valence-electron chi connectivity index (χ2n) is 6.03. The summed E-state index contributed by atoms with van der Waals surface area (Å²) >= 11 is 0. The zero-order chi connectivity index (χ0) is 22.4. The molecule has 31 heavy (non-hydrogen) atoms. The Morgan fingerprint density at radius 2 is 1.52 bits per heavy atom. The molecule has 1 atom stereocenters. The number of ether oxygens (including phenoxy) is 2. The zero-order valence-electron chi connectivity index (χ0n) is 15.9. The van der Waals surface area contributed by atoms with Crippen molar-refractivity contribution in [3.05, 3.63) is 60.4 Å². The third-order valence-electron chi connectivity index (χ3n) is 3.88. The van der Waals surface area contributed by atoms with Crippen LogP contribution in [0.15, 0.2) is 49.2 Å². The van der Waals surface area contributed by atoms with E-state index in [1.54, 1.807) is 6.92 Å². The second-order valence-corrected chi connectivity index (χ2v) is 6.03. The molecule has 0 saturated carbocycles.